The fraction of sp³-hybridized carbons (Fsp3) is 0.250. The molecule has 0 bridgehead atoms. The van der Waals surface area contributed by atoms with Gasteiger partial charge in [0.15, 0.2) is 0 Å². The van der Waals surface area contributed by atoms with Crippen molar-refractivity contribution in [2.45, 2.75) is 13.3 Å². The summed E-state index contributed by atoms with van der Waals surface area (Å²) in [5.74, 6) is 0.299. The number of aromatic amines is 1. The standard InChI is InChI=1S/C12H14N4O2/c1-9-11(16(17)18)12(15-14-9)13-8-7-10-5-3-2-4-6-10/h2-6H,7-8H2,1H3,(H2,13,14,15). The third-order valence-electron chi connectivity index (χ3n) is 2.65. The highest BCUT2D eigenvalue weighted by atomic mass is 16.6. The minimum Gasteiger partial charge on any atom is -0.363 e. The summed E-state index contributed by atoms with van der Waals surface area (Å²) in [6, 6.07) is 9.93. The topological polar surface area (TPSA) is 83.8 Å². The molecule has 0 saturated carbocycles. The number of nitrogens with one attached hydrogen (secondary N) is 2. The van der Waals surface area contributed by atoms with Crippen LogP contribution in [0.5, 0.6) is 0 Å². The Morgan fingerprint density at radius 2 is 2.11 bits per heavy atom. The third kappa shape index (κ3) is 2.65. The maximum atomic E-state index is 10.8. The summed E-state index contributed by atoms with van der Waals surface area (Å²) < 4.78 is 0. The fourth-order valence-electron chi connectivity index (χ4n) is 1.74. The van der Waals surface area contributed by atoms with Crippen molar-refractivity contribution in [1.82, 2.24) is 10.2 Å². The molecule has 0 aliphatic heterocycles. The van der Waals surface area contributed by atoms with E-state index in [1.165, 1.54) is 5.56 Å². The Morgan fingerprint density at radius 3 is 2.78 bits per heavy atom. The molecule has 0 unspecified atom stereocenters. The van der Waals surface area contributed by atoms with Gasteiger partial charge in [-0.3, -0.25) is 15.2 Å². The number of hydrogen-bond donors (Lipinski definition) is 2. The van der Waals surface area contributed by atoms with E-state index in [0.29, 0.717) is 18.1 Å². The van der Waals surface area contributed by atoms with Crippen molar-refractivity contribution in [3.05, 3.63) is 51.7 Å². The first-order valence-corrected chi connectivity index (χ1v) is 5.65. The molecule has 6 nitrogen and oxygen atoms in total. The molecule has 0 saturated heterocycles. The Hall–Kier alpha value is -2.37. The summed E-state index contributed by atoms with van der Waals surface area (Å²) in [5, 5.41) is 20.3. The van der Waals surface area contributed by atoms with Crippen molar-refractivity contribution in [2.75, 3.05) is 11.9 Å². The van der Waals surface area contributed by atoms with Gasteiger partial charge >= 0.3 is 5.69 Å². The minimum absolute atomic E-state index is 0.0167. The highest BCUT2D eigenvalue weighted by Crippen LogP contribution is 2.24. The molecule has 0 amide bonds. The largest absolute Gasteiger partial charge is 0.363 e. The van der Waals surface area contributed by atoms with Crippen LogP contribution < -0.4 is 5.32 Å². The molecule has 1 aromatic heterocycles. The molecule has 18 heavy (non-hydrogen) atoms. The molecule has 0 spiro atoms. The van der Waals surface area contributed by atoms with E-state index in [4.69, 9.17) is 0 Å². The number of nitrogens with zero attached hydrogens (tertiary/aromatic N) is 2. The van der Waals surface area contributed by atoms with Crippen LogP contribution in [0.25, 0.3) is 0 Å². The zero-order valence-electron chi connectivity index (χ0n) is 10.0. The average Bonchev–Trinajstić information content (AvgIpc) is 2.72. The molecule has 0 fully saturated rings. The summed E-state index contributed by atoms with van der Waals surface area (Å²) >= 11 is 0. The Balaban J connectivity index is 1.97. The highest BCUT2D eigenvalue weighted by molar-refractivity contribution is 5.58. The molecular formula is C12H14N4O2. The van der Waals surface area contributed by atoms with Gasteiger partial charge in [-0.1, -0.05) is 30.3 Å². The minimum atomic E-state index is -0.427. The summed E-state index contributed by atoms with van der Waals surface area (Å²) in [5.41, 5.74) is 1.66. The number of rotatable bonds is 5. The Labute approximate surface area is 104 Å². The lowest BCUT2D eigenvalue weighted by Gasteiger charge is -2.02. The lowest BCUT2D eigenvalue weighted by Crippen LogP contribution is -2.06. The first kappa shape index (κ1) is 12.1. The second kappa shape index (κ2) is 5.31. The van der Waals surface area contributed by atoms with Crippen LogP contribution in [0, 0.1) is 17.0 Å². The van der Waals surface area contributed by atoms with Gasteiger partial charge in [0, 0.05) is 6.54 Å². The van der Waals surface area contributed by atoms with Crippen LogP contribution in [0.15, 0.2) is 30.3 Å². The molecule has 1 aromatic carbocycles. The van der Waals surface area contributed by atoms with Gasteiger partial charge in [0.1, 0.15) is 5.69 Å². The highest BCUT2D eigenvalue weighted by Gasteiger charge is 2.20. The van der Waals surface area contributed by atoms with Crippen LogP contribution in [-0.4, -0.2) is 21.7 Å². The summed E-state index contributed by atoms with van der Waals surface area (Å²) in [6.45, 7) is 2.24. The second-order valence-corrected chi connectivity index (χ2v) is 3.97. The van der Waals surface area contributed by atoms with Crippen LogP contribution in [0.1, 0.15) is 11.3 Å². The lowest BCUT2D eigenvalue weighted by atomic mass is 10.1. The van der Waals surface area contributed by atoms with Crippen molar-refractivity contribution in [1.29, 1.82) is 0 Å². The molecule has 6 heteroatoms. The number of hydrogen-bond acceptors (Lipinski definition) is 4. The zero-order valence-corrected chi connectivity index (χ0v) is 10.0. The smallest absolute Gasteiger partial charge is 0.333 e. The van der Waals surface area contributed by atoms with Gasteiger partial charge in [-0.2, -0.15) is 5.10 Å². The zero-order chi connectivity index (χ0) is 13.0. The van der Waals surface area contributed by atoms with Crippen LogP contribution in [0.2, 0.25) is 0 Å². The number of nitro groups is 1. The predicted octanol–water partition coefficient (Wildman–Crippen LogP) is 2.28. The lowest BCUT2D eigenvalue weighted by molar-refractivity contribution is -0.384. The van der Waals surface area contributed by atoms with Gasteiger partial charge < -0.3 is 5.32 Å². The summed E-state index contributed by atoms with van der Waals surface area (Å²) in [4.78, 5) is 10.4. The van der Waals surface area contributed by atoms with E-state index in [-0.39, 0.29) is 5.69 Å². The van der Waals surface area contributed by atoms with Gasteiger partial charge in [0.2, 0.25) is 5.82 Å². The Bertz CT molecular complexity index is 536. The monoisotopic (exact) mass is 246 g/mol. The van der Waals surface area contributed by atoms with Crippen LogP contribution in [0.3, 0.4) is 0 Å². The number of aromatic nitrogens is 2. The molecule has 0 aliphatic carbocycles. The second-order valence-electron chi connectivity index (χ2n) is 3.97. The van der Waals surface area contributed by atoms with Gasteiger partial charge in [-0.05, 0) is 18.9 Å². The first-order chi connectivity index (χ1) is 8.68. The van der Waals surface area contributed by atoms with E-state index >= 15 is 0 Å². The third-order valence-corrected chi connectivity index (χ3v) is 2.65. The SMILES string of the molecule is Cc1[nH]nc(NCCc2ccccc2)c1[N+](=O)[O-]. The van der Waals surface area contributed by atoms with Gasteiger partial charge in [0.05, 0.1) is 4.92 Å². The molecule has 94 valence electrons. The number of aryl methyl sites for hydroxylation is 1. The quantitative estimate of drug-likeness (QED) is 0.626. The molecule has 0 aliphatic rings. The summed E-state index contributed by atoms with van der Waals surface area (Å²) in [7, 11) is 0. The van der Waals surface area contributed by atoms with Crippen molar-refractivity contribution in [2.24, 2.45) is 0 Å². The van der Waals surface area contributed by atoms with Crippen molar-refractivity contribution >= 4 is 11.5 Å². The molecule has 0 radical (unpaired) electrons. The van der Waals surface area contributed by atoms with Crippen LogP contribution >= 0.6 is 0 Å². The van der Waals surface area contributed by atoms with Crippen molar-refractivity contribution in [3.63, 3.8) is 0 Å². The fourth-order valence-corrected chi connectivity index (χ4v) is 1.74. The van der Waals surface area contributed by atoms with E-state index < -0.39 is 4.92 Å². The average molecular weight is 246 g/mol. The molecule has 1 heterocycles. The van der Waals surface area contributed by atoms with Crippen molar-refractivity contribution < 1.29 is 4.92 Å². The molecule has 0 atom stereocenters. The molecule has 2 rings (SSSR count). The van der Waals surface area contributed by atoms with E-state index in [0.717, 1.165) is 6.42 Å². The number of anilines is 1. The predicted molar refractivity (Wildman–Crippen MR) is 68.6 cm³/mol. The molecular weight excluding hydrogens is 232 g/mol. The Kier molecular flexibility index (Phi) is 3.57. The van der Waals surface area contributed by atoms with Gasteiger partial charge in [0.25, 0.3) is 0 Å². The van der Waals surface area contributed by atoms with E-state index in [1.807, 2.05) is 30.3 Å². The van der Waals surface area contributed by atoms with E-state index in [2.05, 4.69) is 15.5 Å². The maximum absolute atomic E-state index is 10.8. The number of H-pyrrole nitrogens is 1. The normalized spacial score (nSPS) is 10.3. The first-order valence-electron chi connectivity index (χ1n) is 5.65. The van der Waals surface area contributed by atoms with E-state index in [1.54, 1.807) is 6.92 Å². The summed E-state index contributed by atoms with van der Waals surface area (Å²) in [6.07, 6.45) is 0.796. The van der Waals surface area contributed by atoms with Gasteiger partial charge in [-0.15, -0.1) is 0 Å². The van der Waals surface area contributed by atoms with Crippen molar-refractivity contribution in [3.8, 4) is 0 Å². The number of benzene rings is 1. The van der Waals surface area contributed by atoms with Crippen LogP contribution in [0.4, 0.5) is 11.5 Å². The van der Waals surface area contributed by atoms with Crippen LogP contribution in [-0.2, 0) is 6.42 Å². The molecule has 2 N–H and O–H groups in total. The van der Waals surface area contributed by atoms with Gasteiger partial charge in [-0.25, -0.2) is 0 Å². The maximum Gasteiger partial charge on any atom is 0.333 e. The van der Waals surface area contributed by atoms with E-state index in [9.17, 15) is 10.1 Å². The molecule has 2 aromatic rings. The Morgan fingerprint density at radius 1 is 1.39 bits per heavy atom.